The van der Waals surface area contributed by atoms with Crippen LogP contribution in [-0.4, -0.2) is 22.7 Å². The molecule has 1 heterocycles. The molecule has 3 aromatic carbocycles. The first-order valence-electron chi connectivity index (χ1n) is 9.97. The fourth-order valence-electron chi connectivity index (χ4n) is 3.76. The van der Waals surface area contributed by atoms with E-state index in [1.54, 1.807) is 18.2 Å². The van der Waals surface area contributed by atoms with Crippen molar-refractivity contribution in [1.82, 2.24) is 0 Å². The number of rotatable bonds is 4. The zero-order valence-corrected chi connectivity index (χ0v) is 18.1. The number of aliphatic hydroxyl groups is 1. The van der Waals surface area contributed by atoms with Crippen molar-refractivity contribution in [3.05, 3.63) is 100 Å². The molecule has 1 aliphatic heterocycles. The summed E-state index contributed by atoms with van der Waals surface area (Å²) in [6, 6.07) is 16.8. The van der Waals surface area contributed by atoms with E-state index in [0.29, 0.717) is 16.4 Å². The number of Topliss-reactive ketones (excluding diaryl/α,β-unsaturated/α-hetero) is 1. The molecule has 33 heavy (non-hydrogen) atoms. The maximum Gasteiger partial charge on any atom is 0.300 e. The highest BCUT2D eigenvalue weighted by molar-refractivity contribution is 6.51. The van der Waals surface area contributed by atoms with Crippen molar-refractivity contribution in [3.8, 4) is 0 Å². The Bertz CT molecular complexity index is 1290. The highest BCUT2D eigenvalue weighted by Crippen LogP contribution is 2.43. The third-order valence-electron chi connectivity index (χ3n) is 5.23. The zero-order valence-electron chi connectivity index (χ0n) is 17.4. The molecule has 8 heteroatoms. The number of carbonyl (C=O) groups is 3. The third kappa shape index (κ3) is 4.23. The standard InChI is InChI=1S/C25H18ClFN2O4/c1-14(30)28-17-10-12-18(13-11-17)29-22(19-4-2-3-5-20(19)27)21(24(32)25(29)33)23(31)15-6-8-16(26)9-7-15/h2-13,22,31H,1H3,(H,28,30)/b23-21-. The predicted molar refractivity (Wildman–Crippen MR) is 123 cm³/mol. The van der Waals surface area contributed by atoms with Crippen LogP contribution < -0.4 is 10.2 Å². The van der Waals surface area contributed by atoms with Crippen LogP contribution in [0.25, 0.3) is 5.76 Å². The second-order valence-corrected chi connectivity index (χ2v) is 7.86. The van der Waals surface area contributed by atoms with Crippen LogP contribution in [0.5, 0.6) is 0 Å². The summed E-state index contributed by atoms with van der Waals surface area (Å²) < 4.78 is 14.9. The molecule has 6 nitrogen and oxygen atoms in total. The number of benzene rings is 3. The molecule has 0 aliphatic carbocycles. The molecule has 0 aromatic heterocycles. The minimum Gasteiger partial charge on any atom is -0.507 e. The topological polar surface area (TPSA) is 86.7 Å². The minimum atomic E-state index is -1.20. The molecule has 1 atom stereocenters. The Labute approximate surface area is 193 Å². The fraction of sp³-hybridized carbons (Fsp3) is 0.0800. The molecule has 166 valence electrons. The van der Waals surface area contributed by atoms with E-state index in [2.05, 4.69) is 5.32 Å². The summed E-state index contributed by atoms with van der Waals surface area (Å²) in [5.41, 5.74) is 0.873. The van der Waals surface area contributed by atoms with Crippen molar-refractivity contribution in [2.75, 3.05) is 10.2 Å². The SMILES string of the molecule is CC(=O)Nc1ccc(N2C(=O)C(=O)/C(=C(\O)c3ccc(Cl)cc3)C2c2ccccc2F)cc1. The number of anilines is 2. The van der Waals surface area contributed by atoms with Crippen molar-refractivity contribution in [2.45, 2.75) is 13.0 Å². The number of nitrogens with zero attached hydrogens (tertiary/aromatic N) is 1. The van der Waals surface area contributed by atoms with Crippen molar-refractivity contribution < 1.29 is 23.9 Å². The molecule has 2 N–H and O–H groups in total. The quantitative estimate of drug-likeness (QED) is 0.321. The van der Waals surface area contributed by atoms with Crippen LogP contribution in [0.1, 0.15) is 24.1 Å². The lowest BCUT2D eigenvalue weighted by Crippen LogP contribution is -2.29. The summed E-state index contributed by atoms with van der Waals surface area (Å²) in [5.74, 6) is -3.19. The number of carbonyl (C=O) groups excluding carboxylic acids is 3. The number of ketones is 1. The Hall–Kier alpha value is -3.97. The van der Waals surface area contributed by atoms with E-state index in [1.807, 2.05) is 0 Å². The van der Waals surface area contributed by atoms with Gasteiger partial charge in [0.1, 0.15) is 11.6 Å². The summed E-state index contributed by atoms with van der Waals surface area (Å²) in [4.78, 5) is 38.6. The number of aliphatic hydroxyl groups excluding tert-OH is 1. The van der Waals surface area contributed by atoms with E-state index in [-0.39, 0.29) is 22.6 Å². The van der Waals surface area contributed by atoms with Gasteiger partial charge < -0.3 is 10.4 Å². The van der Waals surface area contributed by atoms with Crippen LogP contribution in [0.15, 0.2) is 78.4 Å². The van der Waals surface area contributed by atoms with Crippen LogP contribution in [0.2, 0.25) is 5.02 Å². The predicted octanol–water partition coefficient (Wildman–Crippen LogP) is 5.06. The smallest absolute Gasteiger partial charge is 0.300 e. The van der Waals surface area contributed by atoms with Gasteiger partial charge in [-0.05, 0) is 54.6 Å². The zero-order chi connectivity index (χ0) is 23.7. The van der Waals surface area contributed by atoms with Gasteiger partial charge in [0.05, 0.1) is 11.6 Å². The largest absolute Gasteiger partial charge is 0.507 e. The van der Waals surface area contributed by atoms with Crippen LogP contribution >= 0.6 is 11.6 Å². The number of nitrogens with one attached hydrogen (secondary N) is 1. The second-order valence-electron chi connectivity index (χ2n) is 7.43. The van der Waals surface area contributed by atoms with Crippen LogP contribution in [0, 0.1) is 5.82 Å². The molecule has 1 unspecified atom stereocenters. The summed E-state index contributed by atoms with van der Waals surface area (Å²) in [5, 5.41) is 14.0. The van der Waals surface area contributed by atoms with Gasteiger partial charge >= 0.3 is 0 Å². The van der Waals surface area contributed by atoms with Gasteiger partial charge in [0.25, 0.3) is 11.7 Å². The van der Waals surface area contributed by atoms with E-state index in [9.17, 15) is 23.9 Å². The van der Waals surface area contributed by atoms with Crippen molar-refractivity contribution in [3.63, 3.8) is 0 Å². The summed E-state index contributed by atoms with van der Waals surface area (Å²) in [7, 11) is 0. The maximum atomic E-state index is 14.9. The van der Waals surface area contributed by atoms with E-state index >= 15 is 0 Å². The second kappa shape index (κ2) is 8.88. The first kappa shape index (κ1) is 22.2. The van der Waals surface area contributed by atoms with Crippen molar-refractivity contribution in [2.24, 2.45) is 0 Å². The molecule has 1 aliphatic rings. The normalized spacial score (nSPS) is 17.3. The van der Waals surface area contributed by atoms with Crippen LogP contribution in [0.3, 0.4) is 0 Å². The van der Waals surface area contributed by atoms with Crippen molar-refractivity contribution >= 4 is 46.3 Å². The lowest BCUT2D eigenvalue weighted by atomic mass is 9.94. The van der Waals surface area contributed by atoms with Gasteiger partial charge in [0, 0.05) is 34.4 Å². The minimum absolute atomic E-state index is 0.0538. The van der Waals surface area contributed by atoms with Gasteiger partial charge in [0.15, 0.2) is 0 Å². The van der Waals surface area contributed by atoms with Crippen LogP contribution in [-0.2, 0) is 14.4 Å². The highest BCUT2D eigenvalue weighted by Gasteiger charge is 2.47. The lowest BCUT2D eigenvalue weighted by Gasteiger charge is -2.26. The van der Waals surface area contributed by atoms with Crippen molar-refractivity contribution in [1.29, 1.82) is 0 Å². The summed E-state index contributed by atoms with van der Waals surface area (Å²) >= 11 is 5.92. The molecule has 1 fully saturated rings. The number of hydrogen-bond acceptors (Lipinski definition) is 4. The Kier molecular flexibility index (Phi) is 5.98. The number of amides is 2. The summed E-state index contributed by atoms with van der Waals surface area (Å²) in [6.45, 7) is 1.36. The van der Waals surface area contributed by atoms with E-state index < -0.39 is 29.3 Å². The van der Waals surface area contributed by atoms with Gasteiger partial charge in [-0.1, -0.05) is 29.8 Å². The van der Waals surface area contributed by atoms with Gasteiger partial charge in [-0.3, -0.25) is 19.3 Å². The molecule has 4 rings (SSSR count). The van der Waals surface area contributed by atoms with Gasteiger partial charge in [0.2, 0.25) is 5.91 Å². The Balaban J connectivity index is 1.89. The molecular weight excluding hydrogens is 447 g/mol. The summed E-state index contributed by atoms with van der Waals surface area (Å²) in [6.07, 6.45) is 0. The average molecular weight is 465 g/mol. The monoisotopic (exact) mass is 464 g/mol. The Morgan fingerprint density at radius 1 is 1.00 bits per heavy atom. The Morgan fingerprint density at radius 3 is 2.24 bits per heavy atom. The number of hydrogen-bond donors (Lipinski definition) is 2. The first-order chi connectivity index (χ1) is 15.8. The maximum absolute atomic E-state index is 14.9. The highest BCUT2D eigenvalue weighted by atomic mass is 35.5. The third-order valence-corrected chi connectivity index (χ3v) is 5.48. The average Bonchev–Trinajstić information content (AvgIpc) is 3.05. The van der Waals surface area contributed by atoms with Gasteiger partial charge in [-0.25, -0.2) is 4.39 Å². The van der Waals surface area contributed by atoms with E-state index in [4.69, 9.17) is 11.6 Å². The molecule has 2 amide bonds. The number of halogens is 2. The molecule has 0 bridgehead atoms. The first-order valence-corrected chi connectivity index (χ1v) is 10.3. The Morgan fingerprint density at radius 2 is 1.64 bits per heavy atom. The molecule has 0 radical (unpaired) electrons. The molecule has 3 aromatic rings. The van der Waals surface area contributed by atoms with E-state index in [1.165, 1.54) is 61.5 Å². The lowest BCUT2D eigenvalue weighted by molar-refractivity contribution is -0.132. The molecule has 0 saturated carbocycles. The van der Waals surface area contributed by atoms with Gasteiger partial charge in [-0.15, -0.1) is 0 Å². The fourth-order valence-corrected chi connectivity index (χ4v) is 3.89. The molecular formula is C25H18ClFN2O4. The van der Waals surface area contributed by atoms with Crippen LogP contribution in [0.4, 0.5) is 15.8 Å². The van der Waals surface area contributed by atoms with Gasteiger partial charge in [-0.2, -0.15) is 0 Å². The molecule has 1 saturated heterocycles. The van der Waals surface area contributed by atoms with E-state index in [0.717, 1.165) is 4.90 Å². The molecule has 0 spiro atoms.